The van der Waals surface area contributed by atoms with Crippen LogP contribution in [0.3, 0.4) is 0 Å². The average molecular weight is 715 g/mol. The Kier molecular flexibility index (Phi) is 6.64. The summed E-state index contributed by atoms with van der Waals surface area (Å²) in [6.45, 7) is 0. The second-order valence-corrected chi connectivity index (χ2v) is 15.0. The van der Waals surface area contributed by atoms with E-state index >= 15 is 0 Å². The van der Waals surface area contributed by atoms with Crippen molar-refractivity contribution in [2.45, 2.75) is 18.3 Å². The molecule has 0 saturated carbocycles. The fourth-order valence-electron chi connectivity index (χ4n) is 9.90. The summed E-state index contributed by atoms with van der Waals surface area (Å²) in [6, 6.07) is 61.0. The molecule has 7 aromatic carbocycles. The van der Waals surface area contributed by atoms with Gasteiger partial charge in [0.15, 0.2) is 17.5 Å². The third kappa shape index (κ3) is 4.27. The Morgan fingerprint density at radius 3 is 1.84 bits per heavy atom. The van der Waals surface area contributed by atoms with Gasteiger partial charge in [-0.2, -0.15) is 0 Å². The summed E-state index contributed by atoms with van der Waals surface area (Å²) < 4.78 is 2.48. The van der Waals surface area contributed by atoms with Crippen molar-refractivity contribution in [1.29, 1.82) is 0 Å². The lowest BCUT2D eigenvalue weighted by Crippen LogP contribution is -2.27. The van der Waals surface area contributed by atoms with Crippen LogP contribution in [0.1, 0.15) is 35.1 Å². The number of hydrogen-bond acceptors (Lipinski definition) is 3. The zero-order valence-electron chi connectivity index (χ0n) is 30.5. The fourth-order valence-corrected chi connectivity index (χ4v) is 9.90. The molecule has 0 fully saturated rings. The summed E-state index contributed by atoms with van der Waals surface area (Å²) in [5, 5.41) is 2.48. The van der Waals surface area contributed by atoms with Gasteiger partial charge in [0.25, 0.3) is 0 Å². The Labute approximate surface area is 324 Å². The summed E-state index contributed by atoms with van der Waals surface area (Å²) >= 11 is 0. The molecule has 3 aliphatic rings. The topological polar surface area (TPSA) is 43.6 Å². The predicted octanol–water partition coefficient (Wildman–Crippen LogP) is 12.4. The van der Waals surface area contributed by atoms with Crippen molar-refractivity contribution < 1.29 is 0 Å². The number of allylic oxidation sites excluding steroid dienone is 4. The number of fused-ring (bicyclic) bond motifs is 13. The summed E-state index contributed by atoms with van der Waals surface area (Å²) in [5.41, 5.74) is 16.9. The standard InChI is InChI=1S/C52H34N4/c1-3-16-33(17-4-1)49-53-50(34-18-5-2-6-19-34)55-51(54-49)35-20-15-21-36(32-35)56-46-29-14-10-24-39(46)40-30-31-45-47(48(40)56)41-25-9-13-28-44(41)52(45)42-26-11-7-22-37(42)38-23-8-12-27-43(38)52/h1-7,9-22,24-32H,8,23H2. The molecule has 0 saturated heterocycles. The quantitative estimate of drug-likeness (QED) is 0.182. The molecule has 4 nitrogen and oxygen atoms in total. The lowest BCUT2D eigenvalue weighted by Gasteiger charge is -2.32. The predicted molar refractivity (Wildman–Crippen MR) is 228 cm³/mol. The van der Waals surface area contributed by atoms with Crippen LogP contribution in [0.15, 0.2) is 188 Å². The van der Waals surface area contributed by atoms with E-state index in [1.165, 1.54) is 66.3 Å². The van der Waals surface area contributed by atoms with Gasteiger partial charge in [0.1, 0.15) is 0 Å². The van der Waals surface area contributed by atoms with Crippen molar-refractivity contribution in [1.82, 2.24) is 19.5 Å². The molecule has 262 valence electrons. The smallest absolute Gasteiger partial charge is 0.164 e. The molecule has 2 heterocycles. The van der Waals surface area contributed by atoms with E-state index in [1.54, 1.807) is 0 Å². The van der Waals surface area contributed by atoms with Gasteiger partial charge in [-0.15, -0.1) is 0 Å². The van der Waals surface area contributed by atoms with Crippen LogP contribution in [-0.2, 0) is 5.41 Å². The lowest BCUT2D eigenvalue weighted by molar-refractivity contribution is 0.781. The van der Waals surface area contributed by atoms with E-state index < -0.39 is 0 Å². The minimum absolute atomic E-state index is 0.376. The Balaban J connectivity index is 1.14. The molecule has 3 aliphatic carbocycles. The molecule has 9 aromatic rings. The van der Waals surface area contributed by atoms with Crippen LogP contribution < -0.4 is 0 Å². The molecular weight excluding hydrogens is 681 g/mol. The van der Waals surface area contributed by atoms with Gasteiger partial charge in [0, 0.05) is 38.7 Å². The Bertz CT molecular complexity index is 3080. The zero-order valence-corrected chi connectivity index (χ0v) is 30.5. The first kappa shape index (κ1) is 31.2. The van der Waals surface area contributed by atoms with Crippen molar-refractivity contribution in [2.75, 3.05) is 0 Å². The van der Waals surface area contributed by atoms with Crippen molar-refractivity contribution in [2.24, 2.45) is 0 Å². The number of nitrogens with zero attached hydrogens (tertiary/aromatic N) is 4. The van der Waals surface area contributed by atoms with Gasteiger partial charge >= 0.3 is 0 Å². The van der Waals surface area contributed by atoms with Gasteiger partial charge in [-0.3, -0.25) is 0 Å². The van der Waals surface area contributed by atoms with E-state index in [9.17, 15) is 0 Å². The molecule has 1 atom stereocenters. The Morgan fingerprint density at radius 1 is 0.482 bits per heavy atom. The van der Waals surface area contributed by atoms with E-state index in [4.69, 9.17) is 15.0 Å². The molecule has 0 bridgehead atoms. The van der Waals surface area contributed by atoms with Crippen LogP contribution in [0.4, 0.5) is 0 Å². The van der Waals surface area contributed by atoms with Crippen LogP contribution >= 0.6 is 0 Å². The van der Waals surface area contributed by atoms with E-state index in [0.29, 0.717) is 17.5 Å². The molecule has 0 radical (unpaired) electrons. The second-order valence-electron chi connectivity index (χ2n) is 15.0. The van der Waals surface area contributed by atoms with Crippen LogP contribution in [0, 0.1) is 0 Å². The number of aromatic nitrogens is 4. The minimum atomic E-state index is -0.376. The highest BCUT2D eigenvalue weighted by Crippen LogP contribution is 2.64. The van der Waals surface area contributed by atoms with Crippen LogP contribution in [-0.4, -0.2) is 19.5 Å². The maximum atomic E-state index is 5.10. The maximum absolute atomic E-state index is 5.10. The summed E-state index contributed by atoms with van der Waals surface area (Å²) in [4.78, 5) is 15.2. The molecule has 0 N–H and O–H groups in total. The number of rotatable bonds is 4. The molecule has 0 aliphatic heterocycles. The first-order valence-corrected chi connectivity index (χ1v) is 19.4. The van der Waals surface area contributed by atoms with Gasteiger partial charge in [-0.05, 0) is 70.0 Å². The largest absolute Gasteiger partial charge is 0.309 e. The summed E-state index contributed by atoms with van der Waals surface area (Å²) in [7, 11) is 0. The monoisotopic (exact) mass is 714 g/mol. The van der Waals surface area contributed by atoms with E-state index in [0.717, 1.165) is 35.2 Å². The highest BCUT2D eigenvalue weighted by Gasteiger charge is 2.53. The molecule has 2 aromatic heterocycles. The number of para-hydroxylation sites is 1. The molecular formula is C52H34N4. The Morgan fingerprint density at radius 2 is 1.09 bits per heavy atom. The van der Waals surface area contributed by atoms with E-state index in [1.807, 2.05) is 36.4 Å². The summed E-state index contributed by atoms with van der Waals surface area (Å²) in [6.07, 6.45) is 6.94. The van der Waals surface area contributed by atoms with Gasteiger partial charge < -0.3 is 4.57 Å². The van der Waals surface area contributed by atoms with Crippen LogP contribution in [0.5, 0.6) is 0 Å². The van der Waals surface area contributed by atoms with Gasteiger partial charge in [0.2, 0.25) is 0 Å². The normalized spacial score (nSPS) is 16.4. The van der Waals surface area contributed by atoms with Gasteiger partial charge in [-0.25, -0.2) is 15.0 Å². The second kappa shape index (κ2) is 11.9. The van der Waals surface area contributed by atoms with Crippen molar-refractivity contribution in [3.05, 3.63) is 210 Å². The van der Waals surface area contributed by atoms with Crippen molar-refractivity contribution in [3.8, 4) is 51.0 Å². The maximum Gasteiger partial charge on any atom is 0.164 e. The van der Waals surface area contributed by atoms with Crippen LogP contribution in [0.2, 0.25) is 0 Å². The zero-order chi connectivity index (χ0) is 36.8. The van der Waals surface area contributed by atoms with Crippen LogP contribution in [0.25, 0.3) is 78.4 Å². The molecule has 1 unspecified atom stereocenters. The molecule has 12 rings (SSSR count). The molecule has 56 heavy (non-hydrogen) atoms. The molecule has 0 amide bonds. The number of benzene rings is 7. The lowest BCUT2D eigenvalue weighted by atomic mass is 9.69. The van der Waals surface area contributed by atoms with E-state index in [-0.39, 0.29) is 5.41 Å². The third-order valence-corrected chi connectivity index (χ3v) is 12.1. The molecule has 4 heteroatoms. The molecule has 1 spiro atoms. The van der Waals surface area contributed by atoms with E-state index in [2.05, 4.69) is 150 Å². The fraction of sp³-hybridized carbons (Fsp3) is 0.0577. The minimum Gasteiger partial charge on any atom is -0.309 e. The number of hydrogen-bond donors (Lipinski definition) is 0. The SMILES string of the molecule is C1=CC2=C(CC1)c1ccccc1C21c2ccccc2-c2c1ccc1c3ccccc3n(-c3cccc(-c4nc(-c5ccccc5)nc(-c5ccccc5)n4)c3)c21. The van der Waals surface area contributed by atoms with Gasteiger partial charge in [-0.1, -0.05) is 164 Å². The Hall–Kier alpha value is -7.17. The first-order valence-electron chi connectivity index (χ1n) is 19.4. The van der Waals surface area contributed by atoms with Gasteiger partial charge in [0.05, 0.1) is 16.4 Å². The van der Waals surface area contributed by atoms with Crippen molar-refractivity contribution in [3.63, 3.8) is 0 Å². The highest BCUT2D eigenvalue weighted by molar-refractivity contribution is 6.16. The summed E-state index contributed by atoms with van der Waals surface area (Å²) in [5.74, 6) is 1.94. The average Bonchev–Trinajstić information content (AvgIpc) is 3.89. The highest BCUT2D eigenvalue weighted by atomic mass is 15.0. The third-order valence-electron chi connectivity index (χ3n) is 12.1. The first-order chi connectivity index (χ1) is 27.8. The van der Waals surface area contributed by atoms with Crippen molar-refractivity contribution >= 4 is 27.4 Å².